The van der Waals surface area contributed by atoms with Gasteiger partial charge in [0.05, 0.1) is 38.3 Å². The second-order valence-electron chi connectivity index (χ2n) is 5.41. The Morgan fingerprint density at radius 1 is 1.04 bits per heavy atom. The Kier molecular flexibility index (Phi) is 6.10. The maximum atomic E-state index is 13.2. The van der Waals surface area contributed by atoms with E-state index in [0.29, 0.717) is 28.4 Å². The van der Waals surface area contributed by atoms with Crippen molar-refractivity contribution in [2.75, 3.05) is 27.1 Å². The van der Waals surface area contributed by atoms with E-state index in [1.54, 1.807) is 12.1 Å². The van der Waals surface area contributed by atoms with Crippen molar-refractivity contribution in [3.05, 3.63) is 52.7 Å². The first-order valence-corrected chi connectivity index (χ1v) is 9.26. The molecular formula is C18H20FNO5S. The molecule has 0 aliphatic rings. The molecule has 0 fully saturated rings. The van der Waals surface area contributed by atoms with Crippen molar-refractivity contribution in [3.8, 4) is 17.2 Å². The van der Waals surface area contributed by atoms with Crippen LogP contribution in [0, 0.1) is 5.82 Å². The van der Waals surface area contributed by atoms with Gasteiger partial charge in [-0.25, -0.2) is 12.8 Å². The Morgan fingerprint density at radius 2 is 1.65 bits per heavy atom. The van der Waals surface area contributed by atoms with Crippen LogP contribution < -0.4 is 19.9 Å². The lowest BCUT2D eigenvalue weighted by Crippen LogP contribution is -2.02. The number of methoxy groups -OCH3 is 3. The first-order valence-electron chi connectivity index (χ1n) is 7.54. The topological polar surface area (TPSA) is 87.9 Å². The molecule has 0 bridgehead atoms. The number of nitrogens with two attached hydrogens (primary N) is 1. The Hall–Kier alpha value is -2.74. The van der Waals surface area contributed by atoms with E-state index < -0.39 is 15.7 Å². The van der Waals surface area contributed by atoms with E-state index in [9.17, 15) is 12.8 Å². The molecule has 8 heteroatoms. The molecule has 0 aromatic heterocycles. The second kappa shape index (κ2) is 8.09. The highest BCUT2D eigenvalue weighted by atomic mass is 32.2. The van der Waals surface area contributed by atoms with Crippen LogP contribution in [0.3, 0.4) is 0 Å². The average molecular weight is 381 g/mol. The number of benzene rings is 2. The maximum Gasteiger partial charge on any atom is 0.175 e. The van der Waals surface area contributed by atoms with Gasteiger partial charge in [-0.3, -0.25) is 0 Å². The molecule has 0 aliphatic carbocycles. The van der Waals surface area contributed by atoms with Crippen LogP contribution >= 0.6 is 0 Å². The molecule has 0 heterocycles. The van der Waals surface area contributed by atoms with Crippen LogP contribution in [-0.4, -0.2) is 29.7 Å². The molecule has 0 amide bonds. The first-order chi connectivity index (χ1) is 12.3. The van der Waals surface area contributed by atoms with Gasteiger partial charge in [0.2, 0.25) is 0 Å². The number of hydrogen-bond donors (Lipinski definition) is 1. The minimum atomic E-state index is -3.63. The third-order valence-electron chi connectivity index (χ3n) is 3.62. The lowest BCUT2D eigenvalue weighted by molar-refractivity contribution is 0.374. The van der Waals surface area contributed by atoms with Crippen LogP contribution in [-0.2, 0) is 15.6 Å². The van der Waals surface area contributed by atoms with Crippen molar-refractivity contribution in [3.63, 3.8) is 0 Å². The Balaban J connectivity index is 2.33. The molecule has 6 nitrogen and oxygen atoms in total. The van der Waals surface area contributed by atoms with Crippen LogP contribution in [0.1, 0.15) is 11.1 Å². The van der Waals surface area contributed by atoms with E-state index >= 15 is 0 Å². The fraction of sp³-hybridized carbons (Fsp3) is 0.222. The number of nitrogen functional groups attached to an aromatic ring is 1. The van der Waals surface area contributed by atoms with Crippen molar-refractivity contribution < 1.29 is 27.0 Å². The molecule has 0 saturated heterocycles. The summed E-state index contributed by atoms with van der Waals surface area (Å²) in [5.74, 6) is 0.418. The molecule has 2 N–H and O–H groups in total. The smallest absolute Gasteiger partial charge is 0.175 e. The molecule has 0 spiro atoms. The summed E-state index contributed by atoms with van der Waals surface area (Å²) in [5, 5.41) is 1.05. The van der Waals surface area contributed by atoms with E-state index in [1.165, 1.54) is 39.5 Å². The number of anilines is 1. The quantitative estimate of drug-likeness (QED) is 0.742. The van der Waals surface area contributed by atoms with Crippen molar-refractivity contribution in [2.24, 2.45) is 0 Å². The van der Waals surface area contributed by atoms with E-state index in [2.05, 4.69) is 0 Å². The molecule has 0 saturated carbocycles. The predicted molar refractivity (Wildman–Crippen MR) is 98.6 cm³/mol. The molecule has 140 valence electrons. The standard InChI is InChI=1S/C18H20FNO5S/c1-23-13-9-17(24-2)14(18(10-13)25-3)6-7-26(21,22)11-12-4-5-15(19)16(20)8-12/h4-10H,11,20H2,1-3H3/b7-6+. The van der Waals surface area contributed by atoms with Crippen LogP contribution in [0.4, 0.5) is 10.1 Å². The molecule has 0 radical (unpaired) electrons. The highest BCUT2D eigenvalue weighted by molar-refractivity contribution is 7.93. The van der Waals surface area contributed by atoms with E-state index in [0.717, 1.165) is 11.5 Å². The average Bonchev–Trinajstić information content (AvgIpc) is 2.62. The molecule has 2 aromatic rings. The second-order valence-corrected chi connectivity index (χ2v) is 7.30. The highest BCUT2D eigenvalue weighted by Gasteiger charge is 2.14. The largest absolute Gasteiger partial charge is 0.496 e. The maximum absolute atomic E-state index is 13.2. The fourth-order valence-electron chi connectivity index (χ4n) is 2.33. The third-order valence-corrected chi connectivity index (χ3v) is 4.91. The van der Waals surface area contributed by atoms with Crippen molar-refractivity contribution in [1.29, 1.82) is 0 Å². The van der Waals surface area contributed by atoms with Crippen LogP contribution in [0.15, 0.2) is 35.7 Å². The summed E-state index contributed by atoms with van der Waals surface area (Å²) in [5.41, 5.74) is 6.23. The number of hydrogen-bond acceptors (Lipinski definition) is 6. The Labute approximate surface area is 151 Å². The van der Waals surface area contributed by atoms with Crippen molar-refractivity contribution >= 4 is 21.6 Å². The van der Waals surface area contributed by atoms with Crippen LogP contribution in [0.5, 0.6) is 17.2 Å². The van der Waals surface area contributed by atoms with Crippen molar-refractivity contribution in [2.45, 2.75) is 5.75 Å². The SMILES string of the molecule is COc1cc(OC)c(/C=C/S(=O)(=O)Cc2ccc(F)c(N)c2)c(OC)c1. The van der Waals surface area contributed by atoms with Gasteiger partial charge >= 0.3 is 0 Å². The third kappa shape index (κ3) is 4.66. The summed E-state index contributed by atoms with van der Waals surface area (Å²) in [4.78, 5) is 0. The van der Waals surface area contributed by atoms with Gasteiger partial charge in [0, 0.05) is 17.5 Å². The Bertz CT molecular complexity index is 900. The van der Waals surface area contributed by atoms with Gasteiger partial charge in [0.25, 0.3) is 0 Å². The van der Waals surface area contributed by atoms with Gasteiger partial charge in [0.1, 0.15) is 23.1 Å². The molecular weight excluding hydrogens is 361 g/mol. The summed E-state index contributed by atoms with van der Waals surface area (Å²) in [7, 11) is 0.793. The van der Waals surface area contributed by atoms with Gasteiger partial charge in [-0.1, -0.05) is 6.07 Å². The number of rotatable bonds is 7. The molecule has 2 aromatic carbocycles. The van der Waals surface area contributed by atoms with Crippen LogP contribution in [0.25, 0.3) is 6.08 Å². The number of sulfone groups is 1. The van der Waals surface area contributed by atoms with Gasteiger partial charge in [-0.05, 0) is 23.8 Å². The predicted octanol–water partition coefficient (Wildman–Crippen LogP) is 3.02. The summed E-state index contributed by atoms with van der Waals surface area (Å²) in [6.45, 7) is 0. The fourth-order valence-corrected chi connectivity index (χ4v) is 3.42. The molecule has 26 heavy (non-hydrogen) atoms. The van der Waals surface area contributed by atoms with Crippen molar-refractivity contribution in [1.82, 2.24) is 0 Å². The monoisotopic (exact) mass is 381 g/mol. The summed E-state index contributed by atoms with van der Waals surface area (Å²) >= 11 is 0. The number of halogens is 1. The molecule has 0 aliphatic heterocycles. The molecule has 0 unspecified atom stereocenters. The minimum absolute atomic E-state index is 0.0971. The zero-order chi connectivity index (χ0) is 19.3. The summed E-state index contributed by atoms with van der Waals surface area (Å²) in [6, 6.07) is 7.06. The van der Waals surface area contributed by atoms with Gasteiger partial charge < -0.3 is 19.9 Å². The van der Waals surface area contributed by atoms with E-state index in [-0.39, 0.29) is 11.4 Å². The van der Waals surface area contributed by atoms with Gasteiger partial charge in [-0.15, -0.1) is 0 Å². The van der Waals surface area contributed by atoms with E-state index in [4.69, 9.17) is 19.9 Å². The summed E-state index contributed by atoms with van der Waals surface area (Å²) < 4.78 is 53.6. The molecule has 0 atom stereocenters. The first kappa shape index (κ1) is 19.6. The zero-order valence-electron chi connectivity index (χ0n) is 14.7. The summed E-state index contributed by atoms with van der Waals surface area (Å²) in [6.07, 6.45) is 1.39. The highest BCUT2D eigenvalue weighted by Crippen LogP contribution is 2.35. The zero-order valence-corrected chi connectivity index (χ0v) is 15.5. The van der Waals surface area contributed by atoms with E-state index in [1.807, 2.05) is 0 Å². The van der Waals surface area contributed by atoms with Gasteiger partial charge in [-0.2, -0.15) is 0 Å². The Morgan fingerprint density at radius 3 is 2.15 bits per heavy atom. The number of ether oxygens (including phenoxy) is 3. The minimum Gasteiger partial charge on any atom is -0.496 e. The van der Waals surface area contributed by atoms with Gasteiger partial charge in [0.15, 0.2) is 9.84 Å². The molecule has 2 rings (SSSR count). The lowest BCUT2D eigenvalue weighted by Gasteiger charge is -2.12. The van der Waals surface area contributed by atoms with Crippen LogP contribution in [0.2, 0.25) is 0 Å². The lowest BCUT2D eigenvalue weighted by atomic mass is 10.1. The normalized spacial score (nSPS) is 11.5.